The van der Waals surface area contributed by atoms with Gasteiger partial charge in [0.05, 0.1) is 17.6 Å². The lowest BCUT2D eigenvalue weighted by Crippen LogP contribution is -2.81. The summed E-state index contributed by atoms with van der Waals surface area (Å²) in [6, 6.07) is 7.85. The Morgan fingerprint density at radius 3 is 1.94 bits per heavy atom. The Bertz CT molecular complexity index is 1690. The van der Waals surface area contributed by atoms with Crippen molar-refractivity contribution in [3.05, 3.63) is 48.0 Å². The highest BCUT2D eigenvalue weighted by Gasteiger charge is 2.83. The number of carbonyl (C=O) groups is 7. The lowest BCUT2D eigenvalue weighted by atomic mass is 9.43. The molecule has 15 heteroatoms. The molecule has 1 saturated heterocycles. The minimum absolute atomic E-state index is 0.0630. The van der Waals surface area contributed by atoms with Gasteiger partial charge in [0, 0.05) is 64.7 Å². The van der Waals surface area contributed by atoms with Crippen molar-refractivity contribution in [3.63, 3.8) is 0 Å². The second kappa shape index (κ2) is 13.7. The maximum absolute atomic E-state index is 14.2. The third kappa shape index (κ3) is 5.96. The fourth-order valence-electron chi connectivity index (χ4n) is 9.17. The van der Waals surface area contributed by atoms with Crippen LogP contribution in [0.25, 0.3) is 0 Å². The number of esters is 6. The molecule has 0 spiro atoms. The van der Waals surface area contributed by atoms with Gasteiger partial charge in [-0.2, -0.15) is 0 Å². The molecule has 4 aliphatic rings. The molecule has 5 rings (SSSR count). The quantitative estimate of drug-likeness (QED) is 0.232. The van der Waals surface area contributed by atoms with Crippen LogP contribution in [0.5, 0.6) is 0 Å². The molecule has 15 nitrogen and oxygen atoms in total. The topological polar surface area (TPSA) is 204 Å². The standard InChI is InChI=1S/C37H44O15/c1-18-26(48-19(2)38)15-28(49-20(3)39)36(17-46-33(44)24-12-10-9-11-13-24)29(18)30(50-21(4)40)25-14-27(43)35(8)37(45,34(25,7)16-47-35)32(52-23(6)42)31(36)51-22(5)41/h9-13,25-26,28-32,45H,1,14-17H2,2-8H3/t25-,26-,28-,29-,30+,31-,32-,34-,35+,36+,37-/m0/s1. The highest BCUT2D eigenvalue weighted by molar-refractivity contribution is 5.92. The van der Waals surface area contributed by atoms with Crippen LogP contribution in [0.2, 0.25) is 0 Å². The molecule has 1 N–H and O–H groups in total. The summed E-state index contributed by atoms with van der Waals surface area (Å²) in [4.78, 5) is 92.7. The van der Waals surface area contributed by atoms with E-state index in [1.165, 1.54) is 19.1 Å². The van der Waals surface area contributed by atoms with Crippen molar-refractivity contribution in [2.75, 3.05) is 13.2 Å². The molecule has 0 aromatic heterocycles. The number of aliphatic hydroxyl groups is 1. The van der Waals surface area contributed by atoms with Gasteiger partial charge in [0.2, 0.25) is 0 Å². The zero-order valence-corrected chi connectivity index (χ0v) is 30.1. The second-order valence-corrected chi connectivity index (χ2v) is 14.4. The number of Topliss-reactive ketones (excluding diaryl/α,β-unsaturated/α-hetero) is 1. The Balaban J connectivity index is 1.93. The lowest BCUT2D eigenvalue weighted by molar-refractivity contribution is -0.302. The fraction of sp³-hybridized carbons (Fsp3) is 0.595. The average Bonchev–Trinajstić information content (AvgIpc) is 3.19. The Hall–Kier alpha value is -4.63. The summed E-state index contributed by atoms with van der Waals surface area (Å²) in [7, 11) is 0. The monoisotopic (exact) mass is 728 g/mol. The average molecular weight is 729 g/mol. The van der Waals surface area contributed by atoms with Gasteiger partial charge in [0.25, 0.3) is 0 Å². The van der Waals surface area contributed by atoms with E-state index in [9.17, 15) is 38.7 Å². The van der Waals surface area contributed by atoms with Gasteiger partial charge in [-0.1, -0.05) is 31.7 Å². The Kier molecular flexibility index (Phi) is 10.2. The second-order valence-electron chi connectivity index (χ2n) is 14.4. The van der Waals surface area contributed by atoms with E-state index in [0.717, 1.165) is 34.6 Å². The predicted octanol–water partition coefficient (Wildman–Crippen LogP) is 2.19. The molecular formula is C37H44O15. The van der Waals surface area contributed by atoms with E-state index in [2.05, 4.69) is 6.58 Å². The Morgan fingerprint density at radius 2 is 1.38 bits per heavy atom. The third-order valence-electron chi connectivity index (χ3n) is 11.3. The minimum Gasteiger partial charge on any atom is -0.462 e. The minimum atomic E-state index is -2.51. The van der Waals surface area contributed by atoms with Gasteiger partial charge < -0.3 is 38.3 Å². The summed E-state index contributed by atoms with van der Waals surface area (Å²) >= 11 is 0. The number of benzene rings is 1. The van der Waals surface area contributed by atoms with Crippen molar-refractivity contribution in [2.24, 2.45) is 22.7 Å². The molecule has 52 heavy (non-hydrogen) atoms. The maximum Gasteiger partial charge on any atom is 0.338 e. The molecular weight excluding hydrogens is 684 g/mol. The van der Waals surface area contributed by atoms with E-state index in [1.54, 1.807) is 25.1 Å². The van der Waals surface area contributed by atoms with Gasteiger partial charge >= 0.3 is 35.8 Å². The highest BCUT2D eigenvalue weighted by Crippen LogP contribution is 2.67. The van der Waals surface area contributed by atoms with Crippen LogP contribution < -0.4 is 0 Å². The summed E-state index contributed by atoms with van der Waals surface area (Å²) in [6.07, 6.45) is -8.82. The van der Waals surface area contributed by atoms with Crippen LogP contribution in [0, 0.1) is 22.7 Å². The van der Waals surface area contributed by atoms with E-state index in [1.807, 2.05) is 0 Å². The molecule has 3 saturated carbocycles. The predicted molar refractivity (Wildman–Crippen MR) is 175 cm³/mol. The Labute approximate surface area is 300 Å². The van der Waals surface area contributed by atoms with E-state index in [0.29, 0.717) is 0 Å². The lowest BCUT2D eigenvalue weighted by Gasteiger charge is -2.65. The molecule has 1 heterocycles. The van der Waals surface area contributed by atoms with E-state index in [-0.39, 0.29) is 30.6 Å². The van der Waals surface area contributed by atoms with Crippen molar-refractivity contribution in [1.82, 2.24) is 0 Å². The first kappa shape index (κ1) is 38.6. The number of fused-ring (bicyclic) bond motifs is 1. The smallest absolute Gasteiger partial charge is 0.338 e. The van der Waals surface area contributed by atoms with Gasteiger partial charge in [-0.15, -0.1) is 0 Å². The molecule has 1 aliphatic heterocycles. The summed E-state index contributed by atoms with van der Waals surface area (Å²) in [6.45, 7) is 11.5. The van der Waals surface area contributed by atoms with Crippen molar-refractivity contribution < 1.29 is 71.8 Å². The molecule has 11 atom stereocenters. The van der Waals surface area contributed by atoms with Crippen LogP contribution in [-0.4, -0.2) is 102 Å². The largest absolute Gasteiger partial charge is 0.462 e. The number of hydrogen-bond donors (Lipinski definition) is 1. The van der Waals surface area contributed by atoms with Gasteiger partial charge in [0.15, 0.2) is 23.6 Å². The molecule has 1 aromatic rings. The van der Waals surface area contributed by atoms with Crippen LogP contribution in [0.4, 0.5) is 0 Å². The van der Waals surface area contributed by atoms with Crippen LogP contribution in [0.15, 0.2) is 42.5 Å². The number of carbonyl (C=O) groups excluding carboxylic acids is 7. The number of hydrogen-bond acceptors (Lipinski definition) is 15. The first-order valence-corrected chi connectivity index (χ1v) is 16.9. The van der Waals surface area contributed by atoms with Crippen LogP contribution >= 0.6 is 0 Å². The van der Waals surface area contributed by atoms with Gasteiger partial charge in [-0.3, -0.25) is 28.8 Å². The molecule has 1 aromatic carbocycles. The highest BCUT2D eigenvalue weighted by atomic mass is 16.6. The molecule has 282 valence electrons. The summed E-state index contributed by atoms with van der Waals surface area (Å²) < 4.78 is 41.9. The van der Waals surface area contributed by atoms with Crippen molar-refractivity contribution in [3.8, 4) is 0 Å². The van der Waals surface area contributed by atoms with E-state index < -0.39 is 113 Å². The normalized spacial score (nSPS) is 37.7. The zero-order valence-electron chi connectivity index (χ0n) is 30.1. The fourth-order valence-corrected chi connectivity index (χ4v) is 9.17. The molecule has 0 amide bonds. The third-order valence-corrected chi connectivity index (χ3v) is 11.3. The van der Waals surface area contributed by atoms with Gasteiger partial charge in [-0.05, 0) is 24.6 Å². The van der Waals surface area contributed by atoms with Crippen molar-refractivity contribution in [2.45, 2.75) is 103 Å². The first-order valence-electron chi connectivity index (χ1n) is 16.9. The first-order chi connectivity index (χ1) is 24.2. The number of rotatable bonds is 8. The van der Waals surface area contributed by atoms with Crippen molar-refractivity contribution >= 4 is 41.6 Å². The van der Waals surface area contributed by atoms with E-state index in [4.69, 9.17) is 33.2 Å². The van der Waals surface area contributed by atoms with Crippen LogP contribution in [0.3, 0.4) is 0 Å². The zero-order chi connectivity index (χ0) is 38.6. The number of ketones is 1. The van der Waals surface area contributed by atoms with Crippen LogP contribution in [-0.2, 0) is 61.9 Å². The summed E-state index contributed by atoms with van der Waals surface area (Å²) in [5, 5.41) is 13.2. The molecule has 4 bridgehead atoms. The summed E-state index contributed by atoms with van der Waals surface area (Å²) in [5.74, 6) is -8.44. The molecule has 3 aliphatic carbocycles. The SMILES string of the molecule is C=C1[C@@H](OC(C)=O)C[C@H](OC(C)=O)[C@@]2(COC(=O)c3ccccc3)[C@@H](OC(C)=O)[C@H](OC(C)=O)[C@]3(O)[C@@]4(C)CO[C@]3(C)C(=O)C[C@H]4[C@@H](OC(C)=O)[C@H]12. The van der Waals surface area contributed by atoms with Crippen LogP contribution in [0.1, 0.15) is 71.7 Å². The Morgan fingerprint density at radius 1 is 0.827 bits per heavy atom. The van der Waals surface area contributed by atoms with Crippen molar-refractivity contribution in [1.29, 1.82) is 0 Å². The summed E-state index contributed by atoms with van der Waals surface area (Å²) in [5.41, 5.74) is -8.10. The molecule has 0 unspecified atom stereocenters. The van der Waals surface area contributed by atoms with E-state index >= 15 is 0 Å². The molecule has 4 fully saturated rings. The maximum atomic E-state index is 14.2. The molecule has 0 radical (unpaired) electrons. The van der Waals surface area contributed by atoms with Gasteiger partial charge in [-0.25, -0.2) is 4.79 Å². The van der Waals surface area contributed by atoms with Gasteiger partial charge in [0.1, 0.15) is 30.5 Å². The number of ether oxygens (including phenoxy) is 7.